The fourth-order valence-electron chi connectivity index (χ4n) is 0.885. The Kier molecular flexibility index (Phi) is 3.85. The number of rotatable bonds is 3. The van der Waals surface area contributed by atoms with Crippen LogP contribution in [0.2, 0.25) is 10.0 Å². The molecular formula is C9H12Cl2N2. The van der Waals surface area contributed by atoms with Crippen molar-refractivity contribution in [3.8, 4) is 0 Å². The van der Waals surface area contributed by atoms with Crippen LogP contribution in [0.1, 0.15) is 6.92 Å². The van der Waals surface area contributed by atoms with E-state index in [1.807, 2.05) is 13.0 Å². The van der Waals surface area contributed by atoms with E-state index < -0.39 is 0 Å². The summed E-state index contributed by atoms with van der Waals surface area (Å²) in [5, 5.41) is 4.26. The molecule has 0 amide bonds. The molecular weight excluding hydrogens is 207 g/mol. The zero-order valence-corrected chi connectivity index (χ0v) is 8.86. The zero-order valence-electron chi connectivity index (χ0n) is 7.35. The SMILES string of the molecule is CC(N)CNc1ccc(Cl)c(Cl)c1. The van der Waals surface area contributed by atoms with Crippen LogP contribution < -0.4 is 11.1 Å². The Labute approximate surface area is 88.0 Å². The first kappa shape index (κ1) is 10.6. The van der Waals surface area contributed by atoms with E-state index in [0.29, 0.717) is 10.0 Å². The van der Waals surface area contributed by atoms with Gasteiger partial charge in [-0.25, -0.2) is 0 Å². The van der Waals surface area contributed by atoms with E-state index in [-0.39, 0.29) is 6.04 Å². The maximum absolute atomic E-state index is 5.83. The second kappa shape index (κ2) is 4.70. The third kappa shape index (κ3) is 3.43. The zero-order chi connectivity index (χ0) is 9.84. The van der Waals surface area contributed by atoms with Gasteiger partial charge in [0.1, 0.15) is 0 Å². The summed E-state index contributed by atoms with van der Waals surface area (Å²) >= 11 is 11.6. The molecule has 0 aliphatic heterocycles. The Morgan fingerprint density at radius 3 is 2.62 bits per heavy atom. The molecule has 0 aromatic heterocycles. The fraction of sp³-hybridized carbons (Fsp3) is 0.333. The summed E-state index contributed by atoms with van der Waals surface area (Å²) in [6.45, 7) is 2.66. The highest BCUT2D eigenvalue weighted by Gasteiger charge is 1.99. The summed E-state index contributed by atoms with van der Waals surface area (Å²) in [5.41, 5.74) is 6.52. The van der Waals surface area contributed by atoms with Gasteiger partial charge in [0.25, 0.3) is 0 Å². The predicted molar refractivity (Wildman–Crippen MR) is 58.6 cm³/mol. The maximum atomic E-state index is 5.83. The number of nitrogens with two attached hydrogens (primary N) is 1. The first-order valence-corrected chi connectivity index (χ1v) is 4.79. The number of benzene rings is 1. The van der Waals surface area contributed by atoms with Crippen molar-refractivity contribution in [3.05, 3.63) is 28.2 Å². The van der Waals surface area contributed by atoms with E-state index in [1.54, 1.807) is 12.1 Å². The van der Waals surface area contributed by atoms with Gasteiger partial charge in [-0.1, -0.05) is 23.2 Å². The van der Waals surface area contributed by atoms with E-state index in [2.05, 4.69) is 5.32 Å². The van der Waals surface area contributed by atoms with E-state index in [4.69, 9.17) is 28.9 Å². The fourth-order valence-corrected chi connectivity index (χ4v) is 1.18. The third-order valence-corrected chi connectivity index (χ3v) is 2.29. The molecule has 1 rings (SSSR count). The van der Waals surface area contributed by atoms with Crippen LogP contribution in [0.25, 0.3) is 0 Å². The lowest BCUT2D eigenvalue weighted by Crippen LogP contribution is -2.25. The van der Waals surface area contributed by atoms with Crippen molar-refractivity contribution < 1.29 is 0 Å². The summed E-state index contributed by atoms with van der Waals surface area (Å²) in [5.74, 6) is 0. The normalized spacial score (nSPS) is 12.6. The lowest BCUT2D eigenvalue weighted by molar-refractivity contribution is 0.780. The summed E-state index contributed by atoms with van der Waals surface area (Å²) in [6, 6.07) is 5.53. The van der Waals surface area contributed by atoms with Crippen molar-refractivity contribution in [3.63, 3.8) is 0 Å². The summed E-state index contributed by atoms with van der Waals surface area (Å²) in [7, 11) is 0. The van der Waals surface area contributed by atoms with Crippen molar-refractivity contribution >= 4 is 28.9 Å². The van der Waals surface area contributed by atoms with Gasteiger partial charge in [-0.05, 0) is 25.1 Å². The lowest BCUT2D eigenvalue weighted by Gasteiger charge is -2.09. The number of hydrogen-bond acceptors (Lipinski definition) is 2. The van der Waals surface area contributed by atoms with Crippen LogP contribution in [0.4, 0.5) is 5.69 Å². The molecule has 2 nitrogen and oxygen atoms in total. The average Bonchev–Trinajstić information content (AvgIpc) is 2.07. The molecule has 1 unspecified atom stereocenters. The van der Waals surface area contributed by atoms with E-state index in [0.717, 1.165) is 12.2 Å². The van der Waals surface area contributed by atoms with Crippen LogP contribution in [-0.4, -0.2) is 12.6 Å². The quantitative estimate of drug-likeness (QED) is 0.820. The molecule has 0 aliphatic rings. The van der Waals surface area contributed by atoms with Gasteiger partial charge in [0.2, 0.25) is 0 Å². The second-order valence-corrected chi connectivity index (χ2v) is 3.80. The van der Waals surface area contributed by atoms with Crippen LogP contribution in [-0.2, 0) is 0 Å². The van der Waals surface area contributed by atoms with Crippen LogP contribution in [0.15, 0.2) is 18.2 Å². The molecule has 1 aromatic rings. The Balaban J connectivity index is 2.63. The Hall–Kier alpha value is -0.440. The van der Waals surface area contributed by atoms with Crippen molar-refractivity contribution in [2.45, 2.75) is 13.0 Å². The topological polar surface area (TPSA) is 38.0 Å². The smallest absolute Gasteiger partial charge is 0.0612 e. The standard InChI is InChI=1S/C9H12Cl2N2/c1-6(12)5-13-7-2-3-8(10)9(11)4-7/h2-4,6,13H,5,12H2,1H3. The van der Waals surface area contributed by atoms with Gasteiger partial charge in [0, 0.05) is 18.3 Å². The molecule has 0 bridgehead atoms. The third-order valence-electron chi connectivity index (χ3n) is 1.55. The predicted octanol–water partition coefficient (Wildman–Crippen LogP) is 2.75. The summed E-state index contributed by atoms with van der Waals surface area (Å²) < 4.78 is 0. The molecule has 0 saturated heterocycles. The highest BCUT2D eigenvalue weighted by Crippen LogP contribution is 2.24. The van der Waals surface area contributed by atoms with Crippen LogP contribution in [0.3, 0.4) is 0 Å². The average molecular weight is 219 g/mol. The minimum Gasteiger partial charge on any atom is -0.383 e. The van der Waals surface area contributed by atoms with E-state index in [1.165, 1.54) is 0 Å². The van der Waals surface area contributed by atoms with Gasteiger partial charge in [-0.2, -0.15) is 0 Å². The number of hydrogen-bond donors (Lipinski definition) is 2. The minimum atomic E-state index is 0.120. The van der Waals surface area contributed by atoms with Gasteiger partial charge in [0.05, 0.1) is 10.0 Å². The molecule has 72 valence electrons. The molecule has 1 aromatic carbocycles. The lowest BCUT2D eigenvalue weighted by atomic mass is 10.3. The molecule has 3 N–H and O–H groups in total. The number of halogens is 2. The molecule has 0 radical (unpaired) electrons. The highest BCUT2D eigenvalue weighted by molar-refractivity contribution is 6.42. The van der Waals surface area contributed by atoms with Crippen LogP contribution >= 0.6 is 23.2 Å². The van der Waals surface area contributed by atoms with Crippen molar-refractivity contribution in [1.82, 2.24) is 0 Å². The Morgan fingerprint density at radius 2 is 2.08 bits per heavy atom. The largest absolute Gasteiger partial charge is 0.383 e. The summed E-state index contributed by atoms with van der Waals surface area (Å²) in [4.78, 5) is 0. The van der Waals surface area contributed by atoms with Gasteiger partial charge < -0.3 is 11.1 Å². The van der Waals surface area contributed by atoms with Gasteiger partial charge in [-0.3, -0.25) is 0 Å². The minimum absolute atomic E-state index is 0.120. The highest BCUT2D eigenvalue weighted by atomic mass is 35.5. The molecule has 4 heteroatoms. The molecule has 1 atom stereocenters. The maximum Gasteiger partial charge on any atom is 0.0612 e. The molecule has 13 heavy (non-hydrogen) atoms. The second-order valence-electron chi connectivity index (χ2n) is 2.99. The first-order valence-electron chi connectivity index (χ1n) is 4.04. The number of anilines is 1. The van der Waals surface area contributed by atoms with Gasteiger partial charge in [0.15, 0.2) is 0 Å². The molecule has 0 fully saturated rings. The van der Waals surface area contributed by atoms with E-state index in [9.17, 15) is 0 Å². The van der Waals surface area contributed by atoms with Crippen molar-refractivity contribution in [2.24, 2.45) is 5.73 Å². The van der Waals surface area contributed by atoms with Crippen molar-refractivity contribution in [2.75, 3.05) is 11.9 Å². The molecule has 0 heterocycles. The Bertz CT molecular complexity index is 287. The van der Waals surface area contributed by atoms with Gasteiger partial charge in [-0.15, -0.1) is 0 Å². The summed E-state index contributed by atoms with van der Waals surface area (Å²) in [6.07, 6.45) is 0. The molecule has 0 spiro atoms. The Morgan fingerprint density at radius 1 is 1.38 bits per heavy atom. The monoisotopic (exact) mass is 218 g/mol. The van der Waals surface area contributed by atoms with E-state index >= 15 is 0 Å². The van der Waals surface area contributed by atoms with Crippen LogP contribution in [0, 0.1) is 0 Å². The molecule has 0 aliphatic carbocycles. The first-order chi connectivity index (χ1) is 6.09. The number of nitrogens with one attached hydrogen (secondary N) is 1. The molecule has 0 saturated carbocycles. The van der Waals surface area contributed by atoms with Gasteiger partial charge >= 0.3 is 0 Å². The van der Waals surface area contributed by atoms with Crippen LogP contribution in [0.5, 0.6) is 0 Å². The van der Waals surface area contributed by atoms with Crippen molar-refractivity contribution in [1.29, 1.82) is 0 Å².